The average molecular weight is 362 g/mol. The molecule has 2 heterocycles. The van der Waals surface area contributed by atoms with Crippen LogP contribution in [0.1, 0.15) is 22.7 Å². The smallest absolute Gasteiger partial charge is 0.261 e. The Morgan fingerprint density at radius 3 is 2.72 bits per heavy atom. The Labute approximate surface area is 154 Å². The molecule has 134 valence electrons. The van der Waals surface area contributed by atoms with Crippen LogP contribution in [0, 0.1) is 13.8 Å². The molecule has 0 bridgehead atoms. The first-order chi connectivity index (χ1) is 11.7. The quantitative estimate of drug-likeness (QED) is 0.909. The highest BCUT2D eigenvalue weighted by Crippen LogP contribution is 2.24. The number of carbonyl (C=O) groups excluding carboxylic acids is 1. The maximum Gasteiger partial charge on any atom is 0.261 e. The number of rotatable bonds is 4. The molecule has 1 amide bonds. The van der Waals surface area contributed by atoms with E-state index in [9.17, 15) is 4.79 Å². The fourth-order valence-corrected chi connectivity index (χ4v) is 3.12. The molecule has 1 N–H and O–H groups in total. The highest BCUT2D eigenvalue weighted by Gasteiger charge is 2.28. The third-order valence-corrected chi connectivity index (χ3v) is 4.38. The topological polar surface area (TPSA) is 54.5 Å². The molecule has 2 aromatic rings. The molecule has 0 spiro atoms. The van der Waals surface area contributed by atoms with E-state index in [2.05, 4.69) is 10.3 Å². The van der Waals surface area contributed by atoms with E-state index in [1.54, 1.807) is 6.20 Å². The summed E-state index contributed by atoms with van der Waals surface area (Å²) in [5.74, 6) is 0.812. The SMILES string of the molecule is Cc1cccc(C)c1OCC(=O)N1CCNCC1c1cccnc1.Cl. The van der Waals surface area contributed by atoms with Gasteiger partial charge in [-0.15, -0.1) is 12.4 Å². The molecule has 1 atom stereocenters. The van der Waals surface area contributed by atoms with Crippen LogP contribution in [0.15, 0.2) is 42.7 Å². The number of nitrogens with zero attached hydrogens (tertiary/aromatic N) is 2. The molecule has 1 aliphatic heterocycles. The lowest BCUT2D eigenvalue weighted by Gasteiger charge is -2.36. The van der Waals surface area contributed by atoms with Crippen molar-refractivity contribution in [3.63, 3.8) is 0 Å². The van der Waals surface area contributed by atoms with Gasteiger partial charge in [-0.05, 0) is 36.6 Å². The third kappa shape index (κ3) is 4.50. The molecule has 0 aliphatic carbocycles. The van der Waals surface area contributed by atoms with Gasteiger partial charge in [0.15, 0.2) is 6.61 Å². The fourth-order valence-electron chi connectivity index (χ4n) is 3.12. The Morgan fingerprint density at radius 2 is 2.04 bits per heavy atom. The number of hydrogen-bond acceptors (Lipinski definition) is 4. The van der Waals surface area contributed by atoms with Gasteiger partial charge < -0.3 is 15.0 Å². The van der Waals surface area contributed by atoms with Crippen molar-refractivity contribution in [1.29, 1.82) is 0 Å². The van der Waals surface area contributed by atoms with Gasteiger partial charge in [-0.25, -0.2) is 0 Å². The van der Waals surface area contributed by atoms with Crippen molar-refractivity contribution in [1.82, 2.24) is 15.2 Å². The number of piperazine rings is 1. The molecule has 1 aliphatic rings. The molecule has 1 unspecified atom stereocenters. The average Bonchev–Trinajstić information content (AvgIpc) is 2.62. The van der Waals surface area contributed by atoms with Crippen molar-refractivity contribution in [3.05, 3.63) is 59.4 Å². The lowest BCUT2D eigenvalue weighted by Crippen LogP contribution is -2.50. The van der Waals surface area contributed by atoms with E-state index >= 15 is 0 Å². The molecular formula is C19H24ClN3O2. The minimum absolute atomic E-state index is 0. The third-order valence-electron chi connectivity index (χ3n) is 4.38. The van der Waals surface area contributed by atoms with Crippen LogP contribution in [0.4, 0.5) is 0 Å². The Morgan fingerprint density at radius 1 is 1.28 bits per heavy atom. The van der Waals surface area contributed by atoms with Gasteiger partial charge in [0, 0.05) is 32.0 Å². The number of hydrogen-bond donors (Lipinski definition) is 1. The lowest BCUT2D eigenvalue weighted by molar-refractivity contribution is -0.136. The van der Waals surface area contributed by atoms with E-state index in [0.717, 1.165) is 35.5 Å². The van der Waals surface area contributed by atoms with E-state index in [0.29, 0.717) is 6.54 Å². The molecule has 25 heavy (non-hydrogen) atoms. The van der Waals surface area contributed by atoms with E-state index in [-0.39, 0.29) is 31.0 Å². The number of amides is 1. The summed E-state index contributed by atoms with van der Waals surface area (Å²) >= 11 is 0. The van der Waals surface area contributed by atoms with Gasteiger partial charge >= 0.3 is 0 Å². The van der Waals surface area contributed by atoms with Gasteiger partial charge in [0.1, 0.15) is 5.75 Å². The number of benzene rings is 1. The summed E-state index contributed by atoms with van der Waals surface area (Å²) in [6, 6.07) is 9.90. The number of nitrogens with one attached hydrogen (secondary N) is 1. The van der Waals surface area contributed by atoms with Crippen molar-refractivity contribution < 1.29 is 9.53 Å². The number of halogens is 1. The van der Waals surface area contributed by atoms with Crippen LogP contribution in [-0.4, -0.2) is 42.0 Å². The first-order valence-electron chi connectivity index (χ1n) is 8.26. The standard InChI is InChI=1S/C19H23N3O2.ClH/c1-14-5-3-6-15(2)19(14)24-13-18(23)22-10-9-21-12-17(22)16-7-4-8-20-11-16;/h3-8,11,17,21H,9-10,12-13H2,1-2H3;1H. The van der Waals surface area contributed by atoms with Gasteiger partial charge in [-0.1, -0.05) is 24.3 Å². The maximum atomic E-state index is 12.7. The van der Waals surface area contributed by atoms with Crippen LogP contribution < -0.4 is 10.1 Å². The highest BCUT2D eigenvalue weighted by atomic mass is 35.5. The number of aromatic nitrogens is 1. The van der Waals surface area contributed by atoms with Crippen molar-refractivity contribution in [2.45, 2.75) is 19.9 Å². The van der Waals surface area contributed by atoms with Crippen LogP contribution in [0.5, 0.6) is 5.75 Å². The summed E-state index contributed by atoms with van der Waals surface area (Å²) in [6.07, 6.45) is 3.57. The van der Waals surface area contributed by atoms with Crippen LogP contribution in [0.3, 0.4) is 0 Å². The number of para-hydroxylation sites is 1. The maximum absolute atomic E-state index is 12.7. The normalized spacial score (nSPS) is 16.9. The van der Waals surface area contributed by atoms with Crippen LogP contribution in [0.2, 0.25) is 0 Å². The number of carbonyl (C=O) groups is 1. The van der Waals surface area contributed by atoms with Crippen molar-refractivity contribution in [3.8, 4) is 5.75 Å². The zero-order valence-corrected chi connectivity index (χ0v) is 15.4. The monoisotopic (exact) mass is 361 g/mol. The van der Waals surface area contributed by atoms with Crippen LogP contribution in [0.25, 0.3) is 0 Å². The van der Waals surface area contributed by atoms with E-state index in [1.807, 2.05) is 55.3 Å². The Balaban J connectivity index is 0.00000225. The van der Waals surface area contributed by atoms with Gasteiger partial charge in [0.05, 0.1) is 6.04 Å². The first-order valence-corrected chi connectivity index (χ1v) is 8.26. The summed E-state index contributed by atoms with van der Waals surface area (Å²) in [7, 11) is 0. The molecule has 1 fully saturated rings. The molecule has 6 heteroatoms. The highest BCUT2D eigenvalue weighted by molar-refractivity contribution is 5.85. The van der Waals surface area contributed by atoms with Crippen molar-refractivity contribution >= 4 is 18.3 Å². The molecule has 1 aromatic carbocycles. The summed E-state index contributed by atoms with van der Waals surface area (Å²) in [5.41, 5.74) is 3.14. The van der Waals surface area contributed by atoms with Gasteiger partial charge in [-0.2, -0.15) is 0 Å². The van der Waals surface area contributed by atoms with E-state index in [1.165, 1.54) is 0 Å². The number of aryl methyl sites for hydroxylation is 2. The van der Waals surface area contributed by atoms with E-state index < -0.39 is 0 Å². The second kappa shape index (κ2) is 8.83. The Kier molecular flexibility index (Phi) is 6.79. The first kappa shape index (κ1) is 19.2. The lowest BCUT2D eigenvalue weighted by atomic mass is 10.1. The van der Waals surface area contributed by atoms with Crippen LogP contribution in [-0.2, 0) is 4.79 Å². The Bertz CT molecular complexity index is 689. The van der Waals surface area contributed by atoms with E-state index in [4.69, 9.17) is 4.74 Å². The largest absolute Gasteiger partial charge is 0.483 e. The minimum Gasteiger partial charge on any atom is -0.483 e. The molecule has 1 saturated heterocycles. The molecule has 1 aromatic heterocycles. The predicted octanol–water partition coefficient (Wildman–Crippen LogP) is 2.67. The van der Waals surface area contributed by atoms with Gasteiger partial charge in [-0.3, -0.25) is 9.78 Å². The Hall–Kier alpha value is -2.11. The molecule has 3 rings (SSSR count). The predicted molar refractivity (Wildman–Crippen MR) is 100 cm³/mol. The van der Waals surface area contributed by atoms with Crippen LogP contribution >= 0.6 is 12.4 Å². The molecule has 0 radical (unpaired) electrons. The zero-order chi connectivity index (χ0) is 16.9. The number of ether oxygens (including phenoxy) is 1. The number of pyridine rings is 1. The second-order valence-corrected chi connectivity index (χ2v) is 6.10. The minimum atomic E-state index is 0. The summed E-state index contributed by atoms with van der Waals surface area (Å²) in [5, 5.41) is 3.35. The zero-order valence-electron chi connectivity index (χ0n) is 14.6. The summed E-state index contributed by atoms with van der Waals surface area (Å²) < 4.78 is 5.84. The van der Waals surface area contributed by atoms with Crippen molar-refractivity contribution in [2.75, 3.05) is 26.2 Å². The molecule has 5 nitrogen and oxygen atoms in total. The molecular weight excluding hydrogens is 338 g/mol. The van der Waals surface area contributed by atoms with Gasteiger partial charge in [0.25, 0.3) is 5.91 Å². The van der Waals surface area contributed by atoms with Gasteiger partial charge in [0.2, 0.25) is 0 Å². The summed E-state index contributed by atoms with van der Waals surface area (Å²) in [6.45, 7) is 6.26. The second-order valence-electron chi connectivity index (χ2n) is 6.10. The summed E-state index contributed by atoms with van der Waals surface area (Å²) in [4.78, 5) is 18.8. The van der Waals surface area contributed by atoms with Crippen molar-refractivity contribution in [2.24, 2.45) is 0 Å². The molecule has 0 saturated carbocycles. The fraction of sp³-hybridized carbons (Fsp3) is 0.368.